The Kier molecular flexibility index (Phi) is 4.39. The first-order valence-corrected chi connectivity index (χ1v) is 8.00. The number of hydrogen-bond donors (Lipinski definition) is 1. The molecule has 2 heterocycles. The quantitative estimate of drug-likeness (QED) is 0.678. The van der Waals surface area contributed by atoms with Gasteiger partial charge in [-0.3, -0.25) is 9.59 Å². The number of nitrogens with zero attached hydrogens (tertiary/aromatic N) is 3. The topological polar surface area (TPSA) is 98.4 Å². The summed E-state index contributed by atoms with van der Waals surface area (Å²) in [4.78, 5) is 34.2. The van der Waals surface area contributed by atoms with E-state index in [0.29, 0.717) is 6.54 Å². The third-order valence-electron chi connectivity index (χ3n) is 4.38. The van der Waals surface area contributed by atoms with Crippen molar-refractivity contribution >= 4 is 17.8 Å². The van der Waals surface area contributed by atoms with Gasteiger partial charge in [0.05, 0.1) is 31.1 Å². The van der Waals surface area contributed by atoms with E-state index < -0.39 is 5.97 Å². The highest BCUT2D eigenvalue weighted by Gasteiger charge is 2.35. The summed E-state index contributed by atoms with van der Waals surface area (Å²) in [6.45, 7) is 4.21. The number of amides is 1. The highest BCUT2D eigenvalue weighted by atomic mass is 16.5. The second-order valence-corrected chi connectivity index (χ2v) is 6.11. The molecule has 0 radical (unpaired) electrons. The average Bonchev–Trinajstić information content (AvgIpc) is 2.91. The summed E-state index contributed by atoms with van der Waals surface area (Å²) >= 11 is 0. The molecule has 1 aliphatic heterocycles. The highest BCUT2D eigenvalue weighted by molar-refractivity contribution is 5.94. The molecule has 7 nitrogen and oxygen atoms in total. The molecule has 0 saturated heterocycles. The smallest absolute Gasteiger partial charge is 0.315 e. The number of methoxy groups -OCH3 is 1. The lowest BCUT2D eigenvalue weighted by atomic mass is 10.0. The first-order valence-electron chi connectivity index (χ1n) is 8.00. The molecular formula is C18H20N4O3. The Balaban J connectivity index is 2.00. The molecular weight excluding hydrogens is 320 g/mol. The largest absolute Gasteiger partial charge is 0.469 e. The second-order valence-electron chi connectivity index (χ2n) is 6.11. The minimum Gasteiger partial charge on any atom is -0.469 e. The zero-order chi connectivity index (χ0) is 18.1. The normalized spacial score (nSPS) is 15.8. The molecule has 0 fully saturated rings. The van der Waals surface area contributed by atoms with Crippen molar-refractivity contribution in [2.75, 3.05) is 12.8 Å². The molecule has 25 heavy (non-hydrogen) atoms. The highest BCUT2D eigenvalue weighted by Crippen LogP contribution is 2.38. The van der Waals surface area contributed by atoms with Crippen LogP contribution in [0.2, 0.25) is 0 Å². The molecule has 2 N–H and O–H groups in total. The molecule has 1 aromatic heterocycles. The zero-order valence-corrected chi connectivity index (χ0v) is 14.4. The van der Waals surface area contributed by atoms with Crippen LogP contribution in [0.5, 0.6) is 0 Å². The fourth-order valence-electron chi connectivity index (χ4n) is 3.11. The van der Waals surface area contributed by atoms with E-state index in [1.54, 1.807) is 4.90 Å². The van der Waals surface area contributed by atoms with Gasteiger partial charge in [0.1, 0.15) is 6.42 Å². The van der Waals surface area contributed by atoms with Gasteiger partial charge < -0.3 is 15.4 Å². The van der Waals surface area contributed by atoms with E-state index in [2.05, 4.69) is 14.7 Å². The first kappa shape index (κ1) is 16.9. The van der Waals surface area contributed by atoms with E-state index in [4.69, 9.17) is 5.73 Å². The molecule has 7 heteroatoms. The van der Waals surface area contributed by atoms with Crippen molar-refractivity contribution in [1.82, 2.24) is 14.9 Å². The van der Waals surface area contributed by atoms with Gasteiger partial charge in [-0.25, -0.2) is 9.97 Å². The SMILES string of the molecule is COC(=O)CC(=O)N1Cc2c(-c3cccc(C)c3)nc(N)nc2[C@@H]1C. The standard InChI is InChI=1S/C18H20N4O3/c1-10-5-4-6-12(7-10)17-13-9-22(14(23)8-15(24)25-3)11(2)16(13)20-18(19)21-17/h4-7,11H,8-9H2,1-3H3,(H2,19,20,21)/t11-/m0/s1. The number of nitrogens with two attached hydrogens (primary N) is 1. The number of carbonyl (C=O) groups is 2. The molecule has 3 rings (SSSR count). The molecule has 1 amide bonds. The Labute approximate surface area is 145 Å². The van der Waals surface area contributed by atoms with Crippen LogP contribution in [0.1, 0.15) is 36.2 Å². The number of ether oxygens (including phenoxy) is 1. The third kappa shape index (κ3) is 3.17. The molecule has 0 bridgehead atoms. The maximum atomic E-state index is 12.4. The van der Waals surface area contributed by atoms with E-state index in [1.165, 1.54) is 7.11 Å². The van der Waals surface area contributed by atoms with Crippen molar-refractivity contribution < 1.29 is 14.3 Å². The van der Waals surface area contributed by atoms with Crippen LogP contribution in [-0.2, 0) is 20.9 Å². The molecule has 130 valence electrons. The van der Waals surface area contributed by atoms with Crippen molar-refractivity contribution in [3.63, 3.8) is 0 Å². The van der Waals surface area contributed by atoms with Crippen LogP contribution in [0.4, 0.5) is 5.95 Å². The van der Waals surface area contributed by atoms with E-state index in [0.717, 1.165) is 28.1 Å². The van der Waals surface area contributed by atoms with Crippen LogP contribution in [0.25, 0.3) is 11.3 Å². The Morgan fingerprint density at radius 2 is 2.12 bits per heavy atom. The number of benzene rings is 1. The number of fused-ring (bicyclic) bond motifs is 1. The number of aromatic nitrogens is 2. The number of aryl methyl sites for hydroxylation is 1. The van der Waals surface area contributed by atoms with Crippen LogP contribution >= 0.6 is 0 Å². The van der Waals surface area contributed by atoms with Crippen LogP contribution in [0.15, 0.2) is 24.3 Å². The lowest BCUT2D eigenvalue weighted by molar-refractivity contribution is -0.147. The van der Waals surface area contributed by atoms with Crippen LogP contribution in [0.3, 0.4) is 0 Å². The van der Waals surface area contributed by atoms with Gasteiger partial charge in [-0.05, 0) is 19.9 Å². The Morgan fingerprint density at radius 1 is 1.36 bits per heavy atom. The van der Waals surface area contributed by atoms with Crippen molar-refractivity contribution in [3.05, 3.63) is 41.1 Å². The van der Waals surface area contributed by atoms with E-state index in [-0.39, 0.29) is 24.3 Å². The number of hydrogen-bond acceptors (Lipinski definition) is 6. The van der Waals surface area contributed by atoms with Gasteiger partial charge in [0.2, 0.25) is 11.9 Å². The maximum Gasteiger partial charge on any atom is 0.315 e. The number of nitrogen functional groups attached to an aromatic ring is 1. The lowest BCUT2D eigenvalue weighted by Crippen LogP contribution is -2.30. The van der Waals surface area contributed by atoms with E-state index in [9.17, 15) is 9.59 Å². The number of rotatable bonds is 3. The van der Waals surface area contributed by atoms with Crippen LogP contribution in [-0.4, -0.2) is 33.9 Å². The van der Waals surface area contributed by atoms with Gasteiger partial charge in [-0.15, -0.1) is 0 Å². The summed E-state index contributed by atoms with van der Waals surface area (Å²) in [5.41, 5.74) is 10.2. The van der Waals surface area contributed by atoms with Crippen LogP contribution < -0.4 is 5.73 Å². The fourth-order valence-corrected chi connectivity index (χ4v) is 3.11. The Hall–Kier alpha value is -2.96. The first-order chi connectivity index (χ1) is 11.9. The van der Waals surface area contributed by atoms with Gasteiger partial charge in [-0.1, -0.05) is 23.8 Å². The Bertz CT molecular complexity index is 850. The second kappa shape index (κ2) is 6.51. The number of esters is 1. The zero-order valence-electron chi connectivity index (χ0n) is 14.4. The van der Waals surface area contributed by atoms with Crippen molar-refractivity contribution in [3.8, 4) is 11.3 Å². The minimum absolute atomic E-state index is 0.171. The fraction of sp³-hybridized carbons (Fsp3) is 0.333. The molecule has 0 unspecified atom stereocenters. The van der Waals surface area contributed by atoms with E-state index >= 15 is 0 Å². The summed E-state index contributed by atoms with van der Waals surface area (Å²) in [5.74, 6) is -0.687. The molecule has 0 aliphatic carbocycles. The van der Waals surface area contributed by atoms with Crippen molar-refractivity contribution in [1.29, 1.82) is 0 Å². The molecule has 1 atom stereocenters. The Morgan fingerprint density at radius 3 is 2.80 bits per heavy atom. The summed E-state index contributed by atoms with van der Waals surface area (Å²) in [6.07, 6.45) is -0.294. The summed E-state index contributed by atoms with van der Waals surface area (Å²) in [5, 5.41) is 0. The molecule has 2 aromatic rings. The lowest BCUT2D eigenvalue weighted by Gasteiger charge is -2.20. The monoisotopic (exact) mass is 340 g/mol. The number of carbonyl (C=O) groups excluding carboxylic acids is 2. The predicted molar refractivity (Wildman–Crippen MR) is 92.2 cm³/mol. The van der Waals surface area contributed by atoms with Crippen LogP contribution in [0, 0.1) is 6.92 Å². The van der Waals surface area contributed by atoms with Gasteiger partial charge in [0.25, 0.3) is 0 Å². The summed E-state index contributed by atoms with van der Waals surface area (Å²) < 4.78 is 4.58. The van der Waals surface area contributed by atoms with Crippen molar-refractivity contribution in [2.24, 2.45) is 0 Å². The molecule has 1 aromatic carbocycles. The summed E-state index contributed by atoms with van der Waals surface area (Å²) in [6, 6.07) is 7.66. The summed E-state index contributed by atoms with van der Waals surface area (Å²) in [7, 11) is 1.26. The minimum atomic E-state index is -0.558. The van der Waals surface area contributed by atoms with Crippen molar-refractivity contribution in [2.45, 2.75) is 32.9 Å². The van der Waals surface area contributed by atoms with Gasteiger partial charge in [-0.2, -0.15) is 0 Å². The third-order valence-corrected chi connectivity index (χ3v) is 4.38. The molecule has 0 spiro atoms. The van der Waals surface area contributed by atoms with Gasteiger partial charge >= 0.3 is 5.97 Å². The van der Waals surface area contributed by atoms with Gasteiger partial charge in [0.15, 0.2) is 0 Å². The average molecular weight is 340 g/mol. The molecule has 0 saturated carbocycles. The van der Waals surface area contributed by atoms with E-state index in [1.807, 2.05) is 38.1 Å². The number of anilines is 1. The maximum absolute atomic E-state index is 12.4. The van der Waals surface area contributed by atoms with Gasteiger partial charge in [0, 0.05) is 11.1 Å². The predicted octanol–water partition coefficient (Wildman–Crippen LogP) is 2.00. The molecule has 1 aliphatic rings.